The number of carbonyl (C=O) groups excluding carboxylic acids is 1. The van der Waals surface area contributed by atoms with Crippen LogP contribution in [-0.4, -0.2) is 29.7 Å². The van der Waals surface area contributed by atoms with Gasteiger partial charge in [0, 0.05) is 12.6 Å². The van der Waals surface area contributed by atoms with Gasteiger partial charge in [-0.25, -0.2) is 4.79 Å². The molecule has 0 spiro atoms. The highest BCUT2D eigenvalue weighted by Crippen LogP contribution is 2.16. The molecule has 0 radical (unpaired) electrons. The molecule has 1 aliphatic carbocycles. The van der Waals surface area contributed by atoms with Crippen molar-refractivity contribution in [1.82, 2.24) is 10.6 Å². The zero-order valence-corrected chi connectivity index (χ0v) is 10.1. The molecule has 1 rings (SSSR count). The molecule has 17 heavy (non-hydrogen) atoms. The van der Waals surface area contributed by atoms with Crippen LogP contribution in [0.25, 0.3) is 0 Å². The maximum Gasteiger partial charge on any atom is 0.315 e. The Hall–Kier alpha value is -1.52. The third kappa shape index (κ3) is 5.94. The first-order chi connectivity index (χ1) is 8.08. The van der Waals surface area contributed by atoms with Crippen LogP contribution in [0.3, 0.4) is 0 Å². The number of hydrogen-bond acceptors (Lipinski definition) is 2. The van der Waals surface area contributed by atoms with E-state index in [1.165, 1.54) is 0 Å². The first-order valence-electron chi connectivity index (χ1n) is 5.99. The van der Waals surface area contributed by atoms with E-state index in [0.717, 1.165) is 19.3 Å². The minimum atomic E-state index is -0.907. The van der Waals surface area contributed by atoms with Crippen molar-refractivity contribution in [1.29, 1.82) is 0 Å². The van der Waals surface area contributed by atoms with Gasteiger partial charge in [0.05, 0.1) is 6.42 Å². The van der Waals surface area contributed by atoms with Gasteiger partial charge >= 0.3 is 12.0 Å². The lowest BCUT2D eigenvalue weighted by atomic mass is 9.94. The van der Waals surface area contributed by atoms with E-state index < -0.39 is 5.97 Å². The van der Waals surface area contributed by atoms with Crippen LogP contribution in [0.15, 0.2) is 12.2 Å². The maximum absolute atomic E-state index is 11.4. The number of amides is 2. The molecular weight excluding hydrogens is 220 g/mol. The van der Waals surface area contributed by atoms with Gasteiger partial charge in [-0.15, -0.1) is 0 Å². The second-order valence-electron chi connectivity index (χ2n) is 4.50. The van der Waals surface area contributed by atoms with Gasteiger partial charge in [-0.1, -0.05) is 12.2 Å². The highest BCUT2D eigenvalue weighted by Gasteiger charge is 2.13. The van der Waals surface area contributed by atoms with Gasteiger partial charge in [0.1, 0.15) is 0 Å². The third-order valence-electron chi connectivity index (χ3n) is 2.79. The van der Waals surface area contributed by atoms with Crippen LogP contribution >= 0.6 is 0 Å². The standard InChI is InChI=1S/C12H20N2O3/c1-9(7-11(15)16)14-12(17)13-8-10-5-3-2-4-6-10/h2-3,9-10H,4-8H2,1H3,(H,15,16)(H2,13,14,17). The average molecular weight is 240 g/mol. The summed E-state index contributed by atoms with van der Waals surface area (Å²) in [6, 6.07) is -0.632. The summed E-state index contributed by atoms with van der Waals surface area (Å²) in [5.41, 5.74) is 0. The Morgan fingerprint density at radius 1 is 1.47 bits per heavy atom. The predicted molar refractivity (Wildman–Crippen MR) is 64.7 cm³/mol. The first-order valence-corrected chi connectivity index (χ1v) is 5.99. The summed E-state index contributed by atoms with van der Waals surface area (Å²) in [6.07, 6.45) is 7.42. The van der Waals surface area contributed by atoms with Crippen LogP contribution < -0.4 is 10.6 Å². The summed E-state index contributed by atoms with van der Waals surface area (Å²) in [4.78, 5) is 21.9. The summed E-state index contributed by atoms with van der Waals surface area (Å²) in [7, 11) is 0. The summed E-state index contributed by atoms with van der Waals surface area (Å²) >= 11 is 0. The number of hydrogen-bond donors (Lipinski definition) is 3. The van der Waals surface area contributed by atoms with Crippen LogP contribution in [0.2, 0.25) is 0 Å². The molecule has 0 saturated heterocycles. The van der Waals surface area contributed by atoms with Crippen LogP contribution in [0, 0.1) is 5.92 Å². The van der Waals surface area contributed by atoms with Gasteiger partial charge in [0.2, 0.25) is 0 Å². The summed E-state index contributed by atoms with van der Waals surface area (Å²) in [6.45, 7) is 2.33. The van der Waals surface area contributed by atoms with E-state index in [4.69, 9.17) is 5.11 Å². The molecule has 2 atom stereocenters. The molecule has 96 valence electrons. The zero-order chi connectivity index (χ0) is 12.7. The highest BCUT2D eigenvalue weighted by molar-refractivity contribution is 5.75. The molecule has 5 nitrogen and oxygen atoms in total. The van der Waals surface area contributed by atoms with E-state index in [1.54, 1.807) is 6.92 Å². The number of carbonyl (C=O) groups is 2. The minimum Gasteiger partial charge on any atom is -0.481 e. The molecule has 5 heteroatoms. The first kappa shape index (κ1) is 13.5. The van der Waals surface area contributed by atoms with Crippen LogP contribution in [0.1, 0.15) is 32.6 Å². The summed E-state index contributed by atoms with van der Waals surface area (Å²) < 4.78 is 0. The van der Waals surface area contributed by atoms with Gasteiger partial charge < -0.3 is 15.7 Å². The number of carboxylic acid groups (broad SMARTS) is 1. The van der Waals surface area contributed by atoms with Gasteiger partial charge in [-0.05, 0) is 32.1 Å². The van der Waals surface area contributed by atoms with Crippen molar-refractivity contribution >= 4 is 12.0 Å². The number of allylic oxidation sites excluding steroid dienone is 2. The van der Waals surface area contributed by atoms with E-state index >= 15 is 0 Å². The largest absolute Gasteiger partial charge is 0.481 e. The minimum absolute atomic E-state index is 0.0560. The third-order valence-corrected chi connectivity index (χ3v) is 2.79. The summed E-state index contributed by atoms with van der Waals surface area (Å²) in [5, 5.41) is 13.9. The van der Waals surface area contributed by atoms with E-state index in [2.05, 4.69) is 22.8 Å². The Morgan fingerprint density at radius 2 is 2.24 bits per heavy atom. The molecule has 0 aromatic rings. The van der Waals surface area contributed by atoms with Crippen LogP contribution in [-0.2, 0) is 4.79 Å². The molecule has 0 aliphatic heterocycles. The lowest BCUT2D eigenvalue weighted by Gasteiger charge is -2.19. The van der Waals surface area contributed by atoms with Crippen LogP contribution in [0.5, 0.6) is 0 Å². The number of urea groups is 1. The fraction of sp³-hybridized carbons (Fsp3) is 0.667. The van der Waals surface area contributed by atoms with E-state index in [9.17, 15) is 9.59 Å². The lowest BCUT2D eigenvalue weighted by molar-refractivity contribution is -0.137. The monoisotopic (exact) mass is 240 g/mol. The smallest absolute Gasteiger partial charge is 0.315 e. The normalized spacial score (nSPS) is 20.6. The Morgan fingerprint density at radius 3 is 2.82 bits per heavy atom. The van der Waals surface area contributed by atoms with Gasteiger partial charge in [-0.2, -0.15) is 0 Å². The topological polar surface area (TPSA) is 78.4 Å². The molecule has 2 unspecified atom stereocenters. The molecule has 0 fully saturated rings. The maximum atomic E-state index is 11.4. The van der Waals surface area contributed by atoms with Crippen molar-refractivity contribution < 1.29 is 14.7 Å². The van der Waals surface area contributed by atoms with Crippen molar-refractivity contribution in [3.63, 3.8) is 0 Å². The molecule has 1 aliphatic rings. The fourth-order valence-electron chi connectivity index (χ4n) is 1.87. The second kappa shape index (κ2) is 6.93. The molecule has 0 aromatic heterocycles. The molecular formula is C12H20N2O3. The number of rotatable bonds is 5. The highest BCUT2D eigenvalue weighted by atomic mass is 16.4. The zero-order valence-electron chi connectivity index (χ0n) is 10.1. The average Bonchev–Trinajstić information content (AvgIpc) is 2.26. The van der Waals surface area contributed by atoms with Crippen molar-refractivity contribution in [3.8, 4) is 0 Å². The molecule has 3 N–H and O–H groups in total. The fourth-order valence-corrected chi connectivity index (χ4v) is 1.87. The van der Waals surface area contributed by atoms with E-state index in [0.29, 0.717) is 12.5 Å². The molecule has 2 amide bonds. The molecule has 0 heterocycles. The Balaban J connectivity index is 2.16. The van der Waals surface area contributed by atoms with Gasteiger partial charge in [0.15, 0.2) is 0 Å². The van der Waals surface area contributed by atoms with Crippen molar-refractivity contribution in [3.05, 3.63) is 12.2 Å². The number of aliphatic carboxylic acids is 1. The molecule has 0 bridgehead atoms. The van der Waals surface area contributed by atoms with Gasteiger partial charge in [0.25, 0.3) is 0 Å². The van der Waals surface area contributed by atoms with Crippen molar-refractivity contribution in [2.24, 2.45) is 5.92 Å². The number of nitrogens with one attached hydrogen (secondary N) is 2. The van der Waals surface area contributed by atoms with E-state index in [1.807, 2.05) is 0 Å². The predicted octanol–water partition coefficient (Wildman–Crippen LogP) is 1.51. The Kier molecular flexibility index (Phi) is 5.52. The Bertz CT molecular complexity index is 302. The van der Waals surface area contributed by atoms with Crippen molar-refractivity contribution in [2.45, 2.75) is 38.6 Å². The quantitative estimate of drug-likeness (QED) is 0.637. The SMILES string of the molecule is CC(CC(=O)O)NC(=O)NCC1CC=CCC1. The summed E-state index contributed by atoms with van der Waals surface area (Å²) in [5.74, 6) is -0.407. The van der Waals surface area contributed by atoms with Crippen LogP contribution in [0.4, 0.5) is 4.79 Å². The lowest BCUT2D eigenvalue weighted by Crippen LogP contribution is -2.43. The molecule has 0 saturated carbocycles. The van der Waals surface area contributed by atoms with Gasteiger partial charge in [-0.3, -0.25) is 4.79 Å². The van der Waals surface area contributed by atoms with E-state index in [-0.39, 0.29) is 18.5 Å². The second-order valence-corrected chi connectivity index (χ2v) is 4.50. The Labute approximate surface area is 101 Å². The van der Waals surface area contributed by atoms with Crippen molar-refractivity contribution in [2.75, 3.05) is 6.54 Å². The molecule has 0 aromatic carbocycles. The number of carboxylic acids is 1.